The molecule has 1 aliphatic carbocycles. The SMILES string of the molecule is COCCCNC(=NCc1cccc(OC)c1OC1CCCC1)NCc1nnc(C)n1C. The molecule has 9 heteroatoms. The van der Waals surface area contributed by atoms with Crippen LogP contribution in [-0.4, -0.2) is 54.2 Å². The third kappa shape index (κ3) is 6.59. The van der Waals surface area contributed by atoms with E-state index < -0.39 is 0 Å². The van der Waals surface area contributed by atoms with Crippen LogP contribution < -0.4 is 20.1 Å². The highest BCUT2D eigenvalue weighted by Gasteiger charge is 2.20. The molecule has 1 aliphatic rings. The Kier molecular flexibility index (Phi) is 9.15. The number of nitrogens with one attached hydrogen (secondary N) is 2. The monoisotopic (exact) mass is 444 g/mol. The molecule has 1 saturated carbocycles. The van der Waals surface area contributed by atoms with Crippen molar-refractivity contribution in [1.29, 1.82) is 0 Å². The maximum Gasteiger partial charge on any atom is 0.191 e. The molecule has 0 saturated heterocycles. The van der Waals surface area contributed by atoms with Crippen LogP contribution in [-0.2, 0) is 24.9 Å². The van der Waals surface area contributed by atoms with Gasteiger partial charge in [0.15, 0.2) is 23.3 Å². The molecule has 0 bridgehead atoms. The number of aliphatic imine (C=N–C) groups is 1. The summed E-state index contributed by atoms with van der Waals surface area (Å²) < 4.78 is 19.0. The standard InChI is InChI=1S/C23H36N6O3/c1-17-27-28-21(29(17)2)16-26-23(24-13-8-14-30-3)25-15-18-9-7-12-20(31-4)22(18)32-19-10-5-6-11-19/h7,9,12,19H,5-6,8,10-11,13-16H2,1-4H3,(H2,24,25,26). The Morgan fingerprint density at radius 2 is 2.00 bits per heavy atom. The molecule has 1 aromatic heterocycles. The first kappa shape index (κ1) is 23.8. The summed E-state index contributed by atoms with van der Waals surface area (Å²) in [4.78, 5) is 4.81. The molecule has 9 nitrogen and oxygen atoms in total. The molecular weight excluding hydrogens is 408 g/mol. The second-order valence-electron chi connectivity index (χ2n) is 7.99. The summed E-state index contributed by atoms with van der Waals surface area (Å²) in [5.41, 5.74) is 1.00. The summed E-state index contributed by atoms with van der Waals surface area (Å²) in [6.45, 7) is 4.37. The minimum Gasteiger partial charge on any atom is -0.493 e. The van der Waals surface area contributed by atoms with Gasteiger partial charge in [-0.3, -0.25) is 0 Å². The van der Waals surface area contributed by atoms with Crippen molar-refractivity contribution >= 4 is 5.96 Å². The van der Waals surface area contributed by atoms with Crippen molar-refractivity contribution in [1.82, 2.24) is 25.4 Å². The van der Waals surface area contributed by atoms with E-state index >= 15 is 0 Å². The van der Waals surface area contributed by atoms with E-state index in [0.29, 0.717) is 25.7 Å². The predicted molar refractivity (Wildman–Crippen MR) is 124 cm³/mol. The Morgan fingerprint density at radius 1 is 1.19 bits per heavy atom. The Morgan fingerprint density at radius 3 is 2.69 bits per heavy atom. The molecule has 1 fully saturated rings. The number of benzene rings is 1. The van der Waals surface area contributed by atoms with Gasteiger partial charge in [0.05, 0.1) is 26.3 Å². The normalized spacial score (nSPS) is 14.6. The smallest absolute Gasteiger partial charge is 0.191 e. The maximum atomic E-state index is 6.35. The number of aromatic nitrogens is 3. The van der Waals surface area contributed by atoms with Crippen LogP contribution in [0.25, 0.3) is 0 Å². The predicted octanol–water partition coefficient (Wildman–Crippen LogP) is 2.73. The van der Waals surface area contributed by atoms with Gasteiger partial charge in [0.1, 0.15) is 5.82 Å². The molecule has 176 valence electrons. The molecule has 1 heterocycles. The van der Waals surface area contributed by atoms with Gasteiger partial charge in [-0.25, -0.2) is 4.99 Å². The second kappa shape index (κ2) is 12.3. The van der Waals surface area contributed by atoms with Gasteiger partial charge in [0.2, 0.25) is 0 Å². The van der Waals surface area contributed by atoms with Gasteiger partial charge >= 0.3 is 0 Å². The third-order valence-corrected chi connectivity index (χ3v) is 5.69. The molecule has 3 rings (SSSR count). The van der Waals surface area contributed by atoms with Crippen molar-refractivity contribution in [3.63, 3.8) is 0 Å². The molecule has 0 unspecified atom stereocenters. The van der Waals surface area contributed by atoms with E-state index in [-0.39, 0.29) is 6.10 Å². The molecule has 0 atom stereocenters. The molecule has 1 aromatic carbocycles. The first-order chi connectivity index (χ1) is 15.6. The Balaban J connectivity index is 1.73. The zero-order valence-corrected chi connectivity index (χ0v) is 19.7. The van der Waals surface area contributed by atoms with Crippen molar-refractivity contribution in [3.05, 3.63) is 35.4 Å². The lowest BCUT2D eigenvalue weighted by Gasteiger charge is -2.19. The molecule has 2 aromatic rings. The number of hydrogen-bond donors (Lipinski definition) is 2. The number of hydrogen-bond acceptors (Lipinski definition) is 6. The van der Waals surface area contributed by atoms with Gasteiger partial charge in [0, 0.05) is 32.9 Å². The number of ether oxygens (including phenoxy) is 3. The molecule has 0 radical (unpaired) electrons. The van der Waals surface area contributed by atoms with Gasteiger partial charge in [0.25, 0.3) is 0 Å². The van der Waals surface area contributed by atoms with E-state index in [0.717, 1.165) is 54.5 Å². The summed E-state index contributed by atoms with van der Waals surface area (Å²) in [5, 5.41) is 15.1. The highest BCUT2D eigenvalue weighted by Crippen LogP contribution is 2.35. The van der Waals surface area contributed by atoms with E-state index in [1.807, 2.05) is 36.7 Å². The van der Waals surface area contributed by atoms with Gasteiger partial charge < -0.3 is 29.4 Å². The van der Waals surface area contributed by atoms with Crippen molar-refractivity contribution in [3.8, 4) is 11.5 Å². The number of nitrogens with zero attached hydrogens (tertiary/aromatic N) is 4. The van der Waals surface area contributed by atoms with Crippen LogP contribution >= 0.6 is 0 Å². The highest BCUT2D eigenvalue weighted by atomic mass is 16.5. The molecule has 0 spiro atoms. The molecule has 32 heavy (non-hydrogen) atoms. The Hall–Kier alpha value is -2.81. The first-order valence-corrected chi connectivity index (χ1v) is 11.3. The van der Waals surface area contributed by atoms with E-state index in [9.17, 15) is 0 Å². The van der Waals surface area contributed by atoms with Crippen LogP contribution in [0.5, 0.6) is 11.5 Å². The summed E-state index contributed by atoms with van der Waals surface area (Å²) in [6.07, 6.45) is 5.74. The summed E-state index contributed by atoms with van der Waals surface area (Å²) in [7, 11) is 5.34. The number of methoxy groups -OCH3 is 2. The van der Waals surface area contributed by atoms with Crippen LogP contribution in [0.3, 0.4) is 0 Å². The first-order valence-electron chi connectivity index (χ1n) is 11.3. The fourth-order valence-corrected chi connectivity index (χ4v) is 3.68. The lowest BCUT2D eigenvalue weighted by molar-refractivity contribution is 0.195. The molecular formula is C23H36N6O3. The fraction of sp³-hybridized carbons (Fsp3) is 0.609. The number of rotatable bonds is 11. The summed E-state index contributed by atoms with van der Waals surface area (Å²) in [5.74, 6) is 3.98. The summed E-state index contributed by atoms with van der Waals surface area (Å²) >= 11 is 0. The van der Waals surface area contributed by atoms with Crippen molar-refractivity contribution in [2.75, 3.05) is 27.4 Å². The highest BCUT2D eigenvalue weighted by molar-refractivity contribution is 5.79. The van der Waals surface area contributed by atoms with Crippen molar-refractivity contribution in [2.24, 2.45) is 12.0 Å². The Bertz CT molecular complexity index is 877. The van der Waals surface area contributed by atoms with Crippen LogP contribution in [0.15, 0.2) is 23.2 Å². The lowest BCUT2D eigenvalue weighted by atomic mass is 10.1. The van der Waals surface area contributed by atoms with Gasteiger partial charge in [-0.05, 0) is 45.1 Å². The number of para-hydroxylation sites is 1. The maximum absolute atomic E-state index is 6.35. The van der Waals surface area contributed by atoms with Gasteiger partial charge in [-0.15, -0.1) is 10.2 Å². The summed E-state index contributed by atoms with van der Waals surface area (Å²) in [6, 6.07) is 5.97. The zero-order chi connectivity index (χ0) is 22.8. The van der Waals surface area contributed by atoms with Crippen LogP contribution in [0.1, 0.15) is 49.3 Å². The molecule has 0 amide bonds. The van der Waals surface area contributed by atoms with Crippen molar-refractivity contribution in [2.45, 2.75) is 58.2 Å². The van der Waals surface area contributed by atoms with Crippen LogP contribution in [0.4, 0.5) is 0 Å². The largest absolute Gasteiger partial charge is 0.493 e. The molecule has 2 N–H and O–H groups in total. The topological polar surface area (TPSA) is 94.8 Å². The lowest BCUT2D eigenvalue weighted by Crippen LogP contribution is -2.38. The quantitative estimate of drug-likeness (QED) is 0.313. The fourth-order valence-electron chi connectivity index (χ4n) is 3.68. The van der Waals surface area contributed by atoms with Gasteiger partial charge in [-0.2, -0.15) is 0 Å². The second-order valence-corrected chi connectivity index (χ2v) is 7.99. The van der Waals surface area contributed by atoms with E-state index in [1.165, 1.54) is 12.8 Å². The van der Waals surface area contributed by atoms with Crippen LogP contribution in [0.2, 0.25) is 0 Å². The van der Waals surface area contributed by atoms with Crippen molar-refractivity contribution < 1.29 is 14.2 Å². The van der Waals surface area contributed by atoms with E-state index in [1.54, 1.807) is 14.2 Å². The minimum atomic E-state index is 0.248. The average Bonchev–Trinajstić information content (AvgIpc) is 3.43. The third-order valence-electron chi connectivity index (χ3n) is 5.69. The number of aryl methyl sites for hydroxylation is 1. The molecule has 0 aliphatic heterocycles. The minimum absolute atomic E-state index is 0.248. The average molecular weight is 445 g/mol. The van der Waals surface area contributed by atoms with E-state index in [2.05, 4.69) is 20.8 Å². The Labute approximate surface area is 190 Å². The number of guanidine groups is 1. The van der Waals surface area contributed by atoms with Gasteiger partial charge in [-0.1, -0.05) is 12.1 Å². The van der Waals surface area contributed by atoms with E-state index in [4.69, 9.17) is 19.2 Å². The zero-order valence-electron chi connectivity index (χ0n) is 19.7. The van der Waals surface area contributed by atoms with Crippen LogP contribution in [0, 0.1) is 6.92 Å².